The number of nitrogens with zero attached hydrogens (tertiary/aromatic N) is 3. The lowest BCUT2D eigenvalue weighted by molar-refractivity contribution is 0.770. The molecule has 0 saturated heterocycles. The second-order valence-electron chi connectivity index (χ2n) is 3.97. The van der Waals surface area contributed by atoms with Gasteiger partial charge in [0.2, 0.25) is 5.95 Å². The number of anilines is 2. The Morgan fingerprint density at radius 2 is 2.00 bits per heavy atom. The molecule has 5 nitrogen and oxygen atoms in total. The third-order valence-electron chi connectivity index (χ3n) is 2.74. The van der Waals surface area contributed by atoms with Gasteiger partial charge in [-0.25, -0.2) is 0 Å². The number of nitrogens with one attached hydrogen (secondary N) is 1. The van der Waals surface area contributed by atoms with Crippen LogP contribution in [0.4, 0.5) is 11.6 Å². The van der Waals surface area contributed by atoms with Gasteiger partial charge < -0.3 is 11.1 Å². The van der Waals surface area contributed by atoms with E-state index in [0.717, 1.165) is 39.4 Å². The maximum atomic E-state index is 6.12. The summed E-state index contributed by atoms with van der Waals surface area (Å²) in [5.41, 5.74) is 7.64. The lowest BCUT2D eigenvalue weighted by Crippen LogP contribution is -2.07. The van der Waals surface area contributed by atoms with Gasteiger partial charge in [0.15, 0.2) is 5.82 Å². The maximum Gasteiger partial charge on any atom is 0.224 e. The Labute approximate surface area is 128 Å². The monoisotopic (exact) mass is 387 g/mol. The minimum atomic E-state index is 0.661. The molecule has 102 valence electrons. The predicted octanol–water partition coefficient (Wildman–Crippen LogP) is 3.50. The number of halogens is 2. The summed E-state index contributed by atoms with van der Waals surface area (Å²) in [6.07, 6.45) is 0. The SMILES string of the molecule is CCNc1nnc(-c2cc(Br)cc(Br)c2N)n1CC. The summed E-state index contributed by atoms with van der Waals surface area (Å²) >= 11 is 6.92. The van der Waals surface area contributed by atoms with Crippen LogP contribution in [-0.2, 0) is 6.54 Å². The van der Waals surface area contributed by atoms with Gasteiger partial charge in [0.05, 0.1) is 5.69 Å². The highest BCUT2D eigenvalue weighted by molar-refractivity contribution is 9.11. The summed E-state index contributed by atoms with van der Waals surface area (Å²) in [4.78, 5) is 0. The van der Waals surface area contributed by atoms with Crippen LogP contribution in [0.3, 0.4) is 0 Å². The molecule has 0 atom stereocenters. The maximum absolute atomic E-state index is 6.12. The van der Waals surface area contributed by atoms with Crippen LogP contribution in [0.25, 0.3) is 11.4 Å². The molecule has 0 amide bonds. The molecule has 2 aromatic rings. The van der Waals surface area contributed by atoms with E-state index in [2.05, 4.69) is 54.3 Å². The first-order valence-electron chi connectivity index (χ1n) is 6.00. The third-order valence-corrected chi connectivity index (χ3v) is 3.85. The molecule has 0 fully saturated rings. The number of hydrogen-bond acceptors (Lipinski definition) is 4. The number of benzene rings is 1. The third kappa shape index (κ3) is 2.76. The van der Waals surface area contributed by atoms with Crippen LogP contribution < -0.4 is 11.1 Å². The summed E-state index contributed by atoms with van der Waals surface area (Å²) < 4.78 is 3.79. The zero-order chi connectivity index (χ0) is 14.0. The number of nitrogens with two attached hydrogens (primary N) is 1. The van der Waals surface area contributed by atoms with Crippen molar-refractivity contribution < 1.29 is 0 Å². The molecule has 0 aliphatic carbocycles. The van der Waals surface area contributed by atoms with Gasteiger partial charge in [-0.15, -0.1) is 10.2 Å². The van der Waals surface area contributed by atoms with Crippen molar-refractivity contribution in [2.24, 2.45) is 0 Å². The van der Waals surface area contributed by atoms with E-state index in [0.29, 0.717) is 5.69 Å². The average molecular weight is 389 g/mol. The molecule has 1 aromatic carbocycles. The highest BCUT2D eigenvalue weighted by atomic mass is 79.9. The van der Waals surface area contributed by atoms with E-state index in [1.54, 1.807) is 0 Å². The molecule has 0 unspecified atom stereocenters. The molecule has 0 aliphatic rings. The quantitative estimate of drug-likeness (QED) is 0.786. The van der Waals surface area contributed by atoms with Crippen LogP contribution in [0, 0.1) is 0 Å². The zero-order valence-electron chi connectivity index (χ0n) is 10.7. The second-order valence-corrected chi connectivity index (χ2v) is 5.74. The van der Waals surface area contributed by atoms with Crippen molar-refractivity contribution in [1.29, 1.82) is 0 Å². The molecular formula is C12H15Br2N5. The highest BCUT2D eigenvalue weighted by Crippen LogP contribution is 2.35. The van der Waals surface area contributed by atoms with Gasteiger partial charge in [0.1, 0.15) is 0 Å². The van der Waals surface area contributed by atoms with Crippen molar-refractivity contribution in [2.75, 3.05) is 17.6 Å². The van der Waals surface area contributed by atoms with Crippen molar-refractivity contribution >= 4 is 43.5 Å². The summed E-state index contributed by atoms with van der Waals surface area (Å²) in [6.45, 7) is 5.65. The summed E-state index contributed by atoms with van der Waals surface area (Å²) in [5, 5.41) is 11.6. The molecule has 0 bridgehead atoms. The van der Waals surface area contributed by atoms with Crippen LogP contribution in [-0.4, -0.2) is 21.3 Å². The molecule has 1 heterocycles. The van der Waals surface area contributed by atoms with Crippen LogP contribution >= 0.6 is 31.9 Å². The van der Waals surface area contributed by atoms with Gasteiger partial charge in [-0.1, -0.05) is 15.9 Å². The minimum absolute atomic E-state index is 0.661. The Morgan fingerprint density at radius 1 is 1.26 bits per heavy atom. The normalized spacial score (nSPS) is 10.7. The molecule has 0 saturated carbocycles. The smallest absolute Gasteiger partial charge is 0.224 e. The fraction of sp³-hybridized carbons (Fsp3) is 0.333. The molecule has 0 spiro atoms. The number of nitrogen functional groups attached to an aromatic ring is 1. The number of rotatable bonds is 4. The summed E-state index contributed by atoms with van der Waals surface area (Å²) in [6, 6.07) is 3.86. The van der Waals surface area contributed by atoms with Crippen molar-refractivity contribution in [1.82, 2.24) is 14.8 Å². The molecule has 19 heavy (non-hydrogen) atoms. The van der Waals surface area contributed by atoms with E-state index >= 15 is 0 Å². The standard InChI is InChI=1S/C12H15Br2N5/c1-3-16-12-18-17-11(19(12)4-2)8-5-7(13)6-9(14)10(8)15/h5-6H,3-4,15H2,1-2H3,(H,16,18). The van der Waals surface area contributed by atoms with Crippen LogP contribution in [0.2, 0.25) is 0 Å². The Morgan fingerprint density at radius 3 is 2.63 bits per heavy atom. The fourth-order valence-electron chi connectivity index (χ4n) is 1.86. The molecule has 0 radical (unpaired) electrons. The van der Waals surface area contributed by atoms with Crippen molar-refractivity contribution in [3.8, 4) is 11.4 Å². The number of hydrogen-bond donors (Lipinski definition) is 2. The van der Waals surface area contributed by atoms with Gasteiger partial charge in [-0.3, -0.25) is 4.57 Å². The predicted molar refractivity (Wildman–Crippen MR) is 85.1 cm³/mol. The van der Waals surface area contributed by atoms with Crippen molar-refractivity contribution in [3.05, 3.63) is 21.1 Å². The lowest BCUT2D eigenvalue weighted by Gasteiger charge is -2.11. The van der Waals surface area contributed by atoms with E-state index in [-0.39, 0.29) is 0 Å². The van der Waals surface area contributed by atoms with E-state index in [1.165, 1.54) is 0 Å². The van der Waals surface area contributed by atoms with Crippen molar-refractivity contribution in [3.63, 3.8) is 0 Å². The molecule has 7 heteroatoms. The van der Waals surface area contributed by atoms with Crippen LogP contribution in [0.1, 0.15) is 13.8 Å². The van der Waals surface area contributed by atoms with Gasteiger partial charge in [-0.2, -0.15) is 0 Å². The second kappa shape index (κ2) is 5.92. The van der Waals surface area contributed by atoms with E-state index in [4.69, 9.17) is 5.73 Å². The Kier molecular flexibility index (Phi) is 4.46. The fourth-order valence-corrected chi connectivity index (χ4v) is 3.09. The van der Waals surface area contributed by atoms with Crippen molar-refractivity contribution in [2.45, 2.75) is 20.4 Å². The highest BCUT2D eigenvalue weighted by Gasteiger charge is 2.16. The first-order valence-corrected chi connectivity index (χ1v) is 7.59. The topological polar surface area (TPSA) is 68.8 Å². The molecular weight excluding hydrogens is 374 g/mol. The van der Waals surface area contributed by atoms with E-state index in [9.17, 15) is 0 Å². The average Bonchev–Trinajstić information content (AvgIpc) is 2.77. The lowest BCUT2D eigenvalue weighted by atomic mass is 10.1. The van der Waals surface area contributed by atoms with Gasteiger partial charge in [0.25, 0.3) is 0 Å². The summed E-state index contributed by atoms with van der Waals surface area (Å²) in [5.74, 6) is 1.52. The van der Waals surface area contributed by atoms with Gasteiger partial charge in [0, 0.05) is 27.6 Å². The number of aromatic nitrogens is 3. The van der Waals surface area contributed by atoms with Crippen LogP contribution in [0.15, 0.2) is 21.1 Å². The largest absolute Gasteiger partial charge is 0.397 e. The Bertz CT molecular complexity index is 594. The summed E-state index contributed by atoms with van der Waals surface area (Å²) in [7, 11) is 0. The Hall–Kier alpha value is -1.08. The van der Waals surface area contributed by atoms with Crippen LogP contribution in [0.5, 0.6) is 0 Å². The minimum Gasteiger partial charge on any atom is -0.397 e. The molecule has 0 aliphatic heterocycles. The molecule has 1 aromatic heterocycles. The first kappa shape index (κ1) is 14.3. The Balaban J connectivity index is 2.59. The van der Waals surface area contributed by atoms with E-state index < -0.39 is 0 Å². The van der Waals surface area contributed by atoms with E-state index in [1.807, 2.05) is 23.6 Å². The van der Waals surface area contributed by atoms with Gasteiger partial charge in [-0.05, 0) is 41.9 Å². The first-order chi connectivity index (χ1) is 9.08. The molecule has 3 N–H and O–H groups in total. The zero-order valence-corrected chi connectivity index (χ0v) is 13.9. The molecule has 2 rings (SSSR count). The van der Waals surface area contributed by atoms with Gasteiger partial charge >= 0.3 is 0 Å².